The number of urea groups is 1. The van der Waals surface area contributed by atoms with Crippen LogP contribution in [-0.4, -0.2) is 40.4 Å². The fourth-order valence-corrected chi connectivity index (χ4v) is 4.45. The molecule has 3 rings (SSSR count). The lowest BCUT2D eigenvalue weighted by molar-refractivity contribution is -0.0465. The average Bonchev–Trinajstić information content (AvgIpc) is 2.70. The van der Waals surface area contributed by atoms with Crippen LogP contribution in [0.15, 0.2) is 75.1 Å². The number of carbonyl (C=O) groups excluding carboxylic acids is 1. The molecule has 0 aromatic heterocycles. The molecule has 2 N–H and O–H groups in total. The monoisotopic (exact) mass is 478 g/mol. The zero-order chi connectivity index (χ0) is 23.5. The summed E-state index contributed by atoms with van der Waals surface area (Å²) in [6.45, 7) is 5.26. The van der Waals surface area contributed by atoms with Crippen LogP contribution in [-0.2, 0) is 24.4 Å². The number of nitrogens with one attached hydrogen (secondary N) is 2. The van der Waals surface area contributed by atoms with Crippen molar-refractivity contribution in [1.82, 2.24) is 15.1 Å². The summed E-state index contributed by atoms with van der Waals surface area (Å²) in [5, 5.41) is 3.10. The molecule has 32 heavy (non-hydrogen) atoms. The number of sulfonamides is 1. The largest absolute Gasteiger partial charge is 0.331 e. The number of aryl methyl sites for hydroxylation is 2. The minimum Gasteiger partial charge on any atom is -0.296 e. The maximum absolute atomic E-state index is 12.6. The van der Waals surface area contributed by atoms with E-state index in [2.05, 4.69) is 10.3 Å². The molecule has 0 saturated carbocycles. The standard InChI is InChI=1S/C20H22N4O6S2/c1-14-4-8-17(9-5-14)31(26,27)23-20(25)22-19-21-12-16(3)13-24(19)30-32(28,29)18-10-6-15(2)7-11-18/h4-13,19H,1-3H3,(H2,22,23,25). The van der Waals surface area contributed by atoms with Crippen molar-refractivity contribution in [2.24, 2.45) is 4.99 Å². The van der Waals surface area contributed by atoms with Crippen molar-refractivity contribution < 1.29 is 25.9 Å². The number of hydrogen-bond acceptors (Lipinski definition) is 8. The summed E-state index contributed by atoms with van der Waals surface area (Å²) in [6, 6.07) is 10.8. The molecule has 2 aromatic rings. The smallest absolute Gasteiger partial charge is 0.296 e. The van der Waals surface area contributed by atoms with Crippen molar-refractivity contribution in [2.45, 2.75) is 36.9 Å². The predicted octanol–water partition coefficient (Wildman–Crippen LogP) is 2.19. The summed E-state index contributed by atoms with van der Waals surface area (Å²) < 4.78 is 57.1. The molecule has 12 heteroatoms. The Balaban J connectivity index is 1.74. The van der Waals surface area contributed by atoms with Crippen LogP contribution in [0, 0.1) is 13.8 Å². The Kier molecular flexibility index (Phi) is 6.67. The van der Waals surface area contributed by atoms with Gasteiger partial charge in [0, 0.05) is 12.4 Å². The zero-order valence-corrected chi connectivity index (χ0v) is 19.1. The average molecular weight is 479 g/mol. The molecular formula is C20H22N4O6S2. The lowest BCUT2D eigenvalue weighted by atomic mass is 10.2. The van der Waals surface area contributed by atoms with E-state index in [0.29, 0.717) is 5.57 Å². The van der Waals surface area contributed by atoms with Crippen LogP contribution in [0.3, 0.4) is 0 Å². The van der Waals surface area contributed by atoms with Crippen molar-refractivity contribution in [2.75, 3.05) is 0 Å². The molecule has 0 bridgehead atoms. The second-order valence-corrected chi connectivity index (χ2v) is 10.3. The first-order valence-corrected chi connectivity index (χ1v) is 12.3. The van der Waals surface area contributed by atoms with E-state index in [4.69, 9.17) is 4.28 Å². The second-order valence-electron chi connectivity index (χ2n) is 7.12. The molecule has 1 unspecified atom stereocenters. The minimum atomic E-state index is -4.23. The van der Waals surface area contributed by atoms with Gasteiger partial charge < -0.3 is 0 Å². The highest BCUT2D eigenvalue weighted by molar-refractivity contribution is 7.90. The fraction of sp³-hybridized carbons (Fsp3) is 0.200. The van der Waals surface area contributed by atoms with Crippen molar-refractivity contribution >= 4 is 32.4 Å². The molecule has 1 aliphatic heterocycles. The maximum Gasteiger partial charge on any atom is 0.331 e. The van der Waals surface area contributed by atoms with Gasteiger partial charge in [0.2, 0.25) is 6.29 Å². The van der Waals surface area contributed by atoms with Gasteiger partial charge in [0.05, 0.1) is 9.79 Å². The SMILES string of the molecule is CC1=CN(OS(=O)(=O)c2ccc(C)cc2)C(NC(=O)NS(=O)(=O)c2ccc(C)cc2)N=C1. The first-order chi connectivity index (χ1) is 15.0. The van der Waals surface area contributed by atoms with Gasteiger partial charge in [-0.25, -0.2) is 22.9 Å². The Bertz CT molecular complexity index is 1270. The Hall–Kier alpha value is -3.22. The van der Waals surface area contributed by atoms with Gasteiger partial charge in [-0.3, -0.25) is 5.32 Å². The molecule has 0 saturated heterocycles. The van der Waals surface area contributed by atoms with Crippen LogP contribution in [0.2, 0.25) is 0 Å². The van der Waals surface area contributed by atoms with Gasteiger partial charge in [0.15, 0.2) is 0 Å². The third kappa shape index (κ3) is 5.72. The molecule has 0 radical (unpaired) electrons. The van der Waals surface area contributed by atoms with Crippen LogP contribution < -0.4 is 10.0 Å². The normalized spacial score (nSPS) is 16.4. The number of allylic oxidation sites excluding steroid dienone is 1. The Morgan fingerprint density at radius 1 is 0.906 bits per heavy atom. The van der Waals surface area contributed by atoms with Gasteiger partial charge in [-0.2, -0.15) is 13.5 Å². The lowest BCUT2D eigenvalue weighted by Gasteiger charge is -2.28. The minimum absolute atomic E-state index is 0.0890. The zero-order valence-electron chi connectivity index (χ0n) is 17.5. The van der Waals surface area contributed by atoms with Gasteiger partial charge in [0.25, 0.3) is 10.0 Å². The number of carbonyl (C=O) groups is 1. The number of amides is 2. The van der Waals surface area contributed by atoms with E-state index in [1.54, 1.807) is 38.1 Å². The highest BCUT2D eigenvalue weighted by atomic mass is 32.2. The maximum atomic E-state index is 12.6. The summed E-state index contributed by atoms with van der Waals surface area (Å²) in [5.74, 6) is 0. The summed E-state index contributed by atoms with van der Waals surface area (Å²) >= 11 is 0. The molecule has 0 fully saturated rings. The van der Waals surface area contributed by atoms with Crippen LogP contribution in [0.25, 0.3) is 0 Å². The van der Waals surface area contributed by atoms with E-state index in [0.717, 1.165) is 16.2 Å². The van der Waals surface area contributed by atoms with Crippen LogP contribution in [0.5, 0.6) is 0 Å². The van der Waals surface area contributed by atoms with Gasteiger partial charge in [-0.1, -0.05) is 35.4 Å². The highest BCUT2D eigenvalue weighted by Crippen LogP contribution is 2.19. The summed E-state index contributed by atoms with van der Waals surface area (Å²) in [5.41, 5.74) is 2.28. The van der Waals surface area contributed by atoms with E-state index >= 15 is 0 Å². The molecule has 1 heterocycles. The first kappa shape index (κ1) is 23.4. The van der Waals surface area contributed by atoms with Gasteiger partial charge in [-0.15, -0.1) is 4.28 Å². The summed E-state index contributed by atoms with van der Waals surface area (Å²) in [6.07, 6.45) is 1.38. The quantitative estimate of drug-likeness (QED) is 0.650. The molecular weight excluding hydrogens is 456 g/mol. The number of benzene rings is 2. The van der Waals surface area contributed by atoms with Gasteiger partial charge in [-0.05, 0) is 50.6 Å². The molecule has 10 nitrogen and oxygen atoms in total. The third-order valence-electron chi connectivity index (χ3n) is 4.30. The van der Waals surface area contributed by atoms with E-state index < -0.39 is 32.5 Å². The van der Waals surface area contributed by atoms with Crippen molar-refractivity contribution in [3.05, 3.63) is 71.4 Å². The Labute approximate surface area is 186 Å². The molecule has 1 aliphatic rings. The Morgan fingerprint density at radius 2 is 1.44 bits per heavy atom. The van der Waals surface area contributed by atoms with E-state index in [-0.39, 0.29) is 9.79 Å². The van der Waals surface area contributed by atoms with Crippen LogP contribution >= 0.6 is 0 Å². The van der Waals surface area contributed by atoms with E-state index in [1.165, 1.54) is 36.7 Å². The van der Waals surface area contributed by atoms with Gasteiger partial charge in [0.1, 0.15) is 0 Å². The first-order valence-electron chi connectivity index (χ1n) is 9.37. The number of nitrogens with zero attached hydrogens (tertiary/aromatic N) is 2. The van der Waals surface area contributed by atoms with Crippen LogP contribution in [0.4, 0.5) is 4.79 Å². The summed E-state index contributed by atoms with van der Waals surface area (Å²) in [4.78, 5) is 16.2. The van der Waals surface area contributed by atoms with Crippen LogP contribution in [0.1, 0.15) is 18.1 Å². The van der Waals surface area contributed by atoms with Crippen molar-refractivity contribution in [3.8, 4) is 0 Å². The lowest BCUT2D eigenvalue weighted by Crippen LogP contribution is -2.51. The molecule has 0 spiro atoms. The topological polar surface area (TPSA) is 134 Å². The van der Waals surface area contributed by atoms with E-state index in [1.807, 2.05) is 11.6 Å². The van der Waals surface area contributed by atoms with Crippen molar-refractivity contribution in [1.29, 1.82) is 0 Å². The van der Waals surface area contributed by atoms with E-state index in [9.17, 15) is 21.6 Å². The van der Waals surface area contributed by atoms with Crippen molar-refractivity contribution in [3.63, 3.8) is 0 Å². The Morgan fingerprint density at radius 3 is 2.00 bits per heavy atom. The van der Waals surface area contributed by atoms with Gasteiger partial charge >= 0.3 is 16.1 Å². The number of hydroxylamine groups is 2. The third-order valence-corrected chi connectivity index (χ3v) is 6.87. The number of hydrogen-bond donors (Lipinski definition) is 2. The predicted molar refractivity (Wildman–Crippen MR) is 117 cm³/mol. The second kappa shape index (κ2) is 9.10. The fourth-order valence-electron chi connectivity index (χ4n) is 2.63. The molecule has 1 atom stereocenters. The number of aliphatic imine (C=N–C) groups is 1. The molecule has 0 aliphatic carbocycles. The molecule has 2 aromatic carbocycles. The molecule has 2 amide bonds. The number of rotatable bonds is 6. The summed E-state index contributed by atoms with van der Waals surface area (Å²) in [7, 11) is -8.38. The highest BCUT2D eigenvalue weighted by Gasteiger charge is 2.28. The molecule has 170 valence electrons.